The maximum atomic E-state index is 12.9. The van der Waals surface area contributed by atoms with Gasteiger partial charge < -0.3 is 0 Å². The van der Waals surface area contributed by atoms with Gasteiger partial charge in [-0.2, -0.15) is 0 Å². The van der Waals surface area contributed by atoms with Crippen LogP contribution in [0.15, 0.2) is 112 Å². The fourth-order valence-electron chi connectivity index (χ4n) is 3.91. The molecule has 1 saturated heterocycles. The van der Waals surface area contributed by atoms with Crippen LogP contribution in [0.2, 0.25) is 0 Å². The van der Waals surface area contributed by atoms with E-state index in [9.17, 15) is 4.79 Å². The maximum Gasteiger partial charge on any atom is 0.171 e. The zero-order valence-electron chi connectivity index (χ0n) is 17.6. The number of hydrogen-bond donors (Lipinski definition) is 0. The minimum absolute atomic E-state index is 0.236. The molecule has 3 aromatic carbocycles. The van der Waals surface area contributed by atoms with Crippen LogP contribution in [0.3, 0.4) is 0 Å². The third kappa shape index (κ3) is 4.30. The van der Waals surface area contributed by atoms with Gasteiger partial charge in [-0.25, -0.2) is 9.98 Å². The molecule has 5 heteroatoms. The second kappa shape index (κ2) is 9.37. The van der Waals surface area contributed by atoms with Crippen molar-refractivity contribution in [2.24, 2.45) is 9.98 Å². The van der Waals surface area contributed by atoms with Crippen molar-refractivity contribution in [3.05, 3.63) is 102 Å². The molecule has 0 bridgehead atoms. The molecule has 1 aliphatic carbocycles. The minimum Gasteiger partial charge on any atom is -0.294 e. The molecule has 2 fully saturated rings. The highest BCUT2D eigenvalue weighted by molar-refractivity contribution is 8.20. The van der Waals surface area contributed by atoms with Crippen LogP contribution in [0.1, 0.15) is 25.7 Å². The molecule has 32 heavy (non-hydrogen) atoms. The maximum absolute atomic E-state index is 12.9. The first-order valence-electron chi connectivity index (χ1n) is 10.9. The van der Waals surface area contributed by atoms with Gasteiger partial charge in [0.05, 0.1) is 16.4 Å². The van der Waals surface area contributed by atoms with Crippen LogP contribution in [0.25, 0.3) is 0 Å². The van der Waals surface area contributed by atoms with E-state index in [1.807, 2.05) is 78.9 Å². The summed E-state index contributed by atoms with van der Waals surface area (Å²) in [6.07, 6.45) is 3.39. The number of allylic oxidation sites excluding steroid dienone is 1. The summed E-state index contributed by atoms with van der Waals surface area (Å²) in [6, 6.07) is 29.9. The van der Waals surface area contributed by atoms with Crippen LogP contribution < -0.4 is 4.90 Å². The second-order valence-electron chi connectivity index (χ2n) is 7.71. The topological polar surface area (TPSA) is 45.0 Å². The Bertz CT molecular complexity index is 1200. The highest BCUT2D eigenvalue weighted by Gasteiger charge is 2.37. The number of nitrogens with zero attached hydrogens (tertiary/aromatic N) is 3. The first kappa shape index (κ1) is 20.5. The molecule has 0 unspecified atom stereocenters. The van der Waals surface area contributed by atoms with Crippen LogP contribution in [-0.2, 0) is 4.79 Å². The van der Waals surface area contributed by atoms with Crippen molar-refractivity contribution in [1.29, 1.82) is 0 Å². The number of anilines is 1. The summed E-state index contributed by atoms with van der Waals surface area (Å²) in [7, 11) is 0. The Kier molecular flexibility index (Phi) is 5.99. The predicted octanol–water partition coefficient (Wildman–Crippen LogP) is 7.05. The molecule has 0 amide bonds. The molecule has 1 aliphatic heterocycles. The predicted molar refractivity (Wildman–Crippen MR) is 134 cm³/mol. The number of ketones is 1. The van der Waals surface area contributed by atoms with Crippen LogP contribution in [0.4, 0.5) is 17.1 Å². The summed E-state index contributed by atoms with van der Waals surface area (Å²) in [4.78, 5) is 25.0. The smallest absolute Gasteiger partial charge is 0.171 e. The molecule has 3 aromatic rings. The third-order valence-corrected chi connectivity index (χ3v) is 6.56. The lowest BCUT2D eigenvalue weighted by Crippen LogP contribution is -2.28. The molecule has 5 rings (SSSR count). The highest BCUT2D eigenvalue weighted by Crippen LogP contribution is 2.42. The lowest BCUT2D eigenvalue weighted by atomic mass is 9.94. The Morgan fingerprint density at radius 1 is 0.688 bits per heavy atom. The van der Waals surface area contributed by atoms with Gasteiger partial charge in [-0.3, -0.25) is 9.69 Å². The van der Waals surface area contributed by atoms with Crippen molar-refractivity contribution in [1.82, 2.24) is 0 Å². The van der Waals surface area contributed by atoms with E-state index in [1.165, 1.54) is 0 Å². The van der Waals surface area contributed by atoms with Gasteiger partial charge >= 0.3 is 0 Å². The van der Waals surface area contributed by atoms with Crippen molar-refractivity contribution >= 4 is 45.5 Å². The van der Waals surface area contributed by atoms with E-state index in [0.717, 1.165) is 57.8 Å². The Labute approximate surface area is 192 Å². The Hall–Kier alpha value is -3.44. The van der Waals surface area contributed by atoms with Crippen LogP contribution in [-0.4, -0.2) is 16.7 Å². The normalized spacial score (nSPS) is 21.5. The number of benzene rings is 3. The van der Waals surface area contributed by atoms with Gasteiger partial charge in [0.15, 0.2) is 11.6 Å². The van der Waals surface area contributed by atoms with Crippen LogP contribution in [0, 0.1) is 0 Å². The molecule has 0 N–H and O–H groups in total. The molecular formula is C27H23N3OS. The molecule has 0 radical (unpaired) electrons. The Balaban J connectivity index is 1.72. The van der Waals surface area contributed by atoms with Crippen molar-refractivity contribution in [2.75, 3.05) is 4.90 Å². The summed E-state index contributed by atoms with van der Waals surface area (Å²) in [5, 5.41) is 1.73. The van der Waals surface area contributed by atoms with Gasteiger partial charge in [-0.1, -0.05) is 54.6 Å². The van der Waals surface area contributed by atoms with Crippen LogP contribution in [0.5, 0.6) is 0 Å². The quantitative estimate of drug-likeness (QED) is 0.412. The molecule has 1 saturated carbocycles. The average Bonchev–Trinajstić information content (AvgIpc) is 3.18. The van der Waals surface area contributed by atoms with E-state index in [-0.39, 0.29) is 5.78 Å². The monoisotopic (exact) mass is 437 g/mol. The lowest BCUT2D eigenvalue weighted by molar-refractivity contribution is -0.116. The number of aliphatic imine (C=N–C) groups is 2. The first-order valence-corrected chi connectivity index (χ1v) is 11.7. The average molecular weight is 438 g/mol. The number of para-hydroxylation sites is 3. The van der Waals surface area contributed by atoms with Gasteiger partial charge in [0.25, 0.3) is 0 Å². The molecule has 2 aliphatic rings. The fraction of sp³-hybridized carbons (Fsp3) is 0.148. The second-order valence-corrected chi connectivity index (χ2v) is 8.69. The Morgan fingerprint density at radius 3 is 1.88 bits per heavy atom. The molecular weight excluding hydrogens is 414 g/mol. The number of amidine groups is 1. The zero-order valence-corrected chi connectivity index (χ0v) is 18.5. The number of hydrogen-bond acceptors (Lipinski definition) is 4. The summed E-state index contributed by atoms with van der Waals surface area (Å²) in [5.74, 6) is 0.983. The highest BCUT2D eigenvalue weighted by atomic mass is 32.2. The fourth-order valence-corrected chi connectivity index (χ4v) is 5.09. The minimum atomic E-state index is 0.236. The van der Waals surface area contributed by atoms with Crippen molar-refractivity contribution in [2.45, 2.75) is 25.7 Å². The van der Waals surface area contributed by atoms with Gasteiger partial charge in [-0.05, 0) is 67.4 Å². The third-order valence-electron chi connectivity index (χ3n) is 5.47. The number of rotatable bonds is 3. The summed E-state index contributed by atoms with van der Waals surface area (Å²) in [5.41, 5.74) is 3.59. The van der Waals surface area contributed by atoms with Gasteiger partial charge in [-0.15, -0.1) is 0 Å². The van der Waals surface area contributed by atoms with Crippen LogP contribution >= 0.6 is 11.8 Å². The van der Waals surface area contributed by atoms with Crippen molar-refractivity contribution in [3.63, 3.8) is 0 Å². The van der Waals surface area contributed by atoms with E-state index in [4.69, 9.17) is 9.98 Å². The first-order chi connectivity index (χ1) is 15.8. The standard InChI is InChI=1S/C27H23N3OS/c31-24-19-11-10-18-23(24)27-30(22-16-8-3-9-17-22)25(28-20-12-4-1-5-13-20)26(32-27)29-21-14-6-2-7-15-21/h1-9,12-17H,10-11,18-19H2/b27-23-,28-25?,29-26?. The summed E-state index contributed by atoms with van der Waals surface area (Å²) < 4.78 is 0. The number of Topliss-reactive ketones (excluding diaryl/α,β-unsaturated/α-hetero) is 1. The number of carbonyl (C=O) groups excluding carboxylic acids is 1. The van der Waals surface area contributed by atoms with Crippen molar-refractivity contribution in [3.8, 4) is 0 Å². The van der Waals surface area contributed by atoms with E-state index in [1.54, 1.807) is 11.8 Å². The van der Waals surface area contributed by atoms with Gasteiger partial charge in [0.1, 0.15) is 5.04 Å². The van der Waals surface area contributed by atoms with E-state index >= 15 is 0 Å². The molecule has 158 valence electrons. The molecule has 1 heterocycles. The van der Waals surface area contributed by atoms with E-state index in [0.29, 0.717) is 6.42 Å². The van der Waals surface area contributed by atoms with Gasteiger partial charge in [0, 0.05) is 17.7 Å². The van der Waals surface area contributed by atoms with E-state index in [2.05, 4.69) is 17.0 Å². The van der Waals surface area contributed by atoms with E-state index < -0.39 is 0 Å². The zero-order chi connectivity index (χ0) is 21.8. The van der Waals surface area contributed by atoms with Crippen molar-refractivity contribution < 1.29 is 4.79 Å². The Morgan fingerprint density at radius 2 is 1.25 bits per heavy atom. The number of carbonyl (C=O) groups is 1. The molecule has 0 aromatic heterocycles. The number of thioether (sulfide) groups is 1. The SMILES string of the molecule is O=C1CCCC/C1=C1/SC(=Nc2ccccc2)C(=Nc2ccccc2)N1c1ccccc1. The largest absolute Gasteiger partial charge is 0.294 e. The molecule has 0 spiro atoms. The molecule has 4 nitrogen and oxygen atoms in total. The lowest BCUT2D eigenvalue weighted by Gasteiger charge is -2.23. The molecule has 0 atom stereocenters. The summed E-state index contributed by atoms with van der Waals surface area (Å²) in [6.45, 7) is 0. The van der Waals surface area contributed by atoms with Gasteiger partial charge in [0.2, 0.25) is 0 Å². The summed E-state index contributed by atoms with van der Waals surface area (Å²) >= 11 is 1.55.